The van der Waals surface area contributed by atoms with Crippen LogP contribution >= 0.6 is 0 Å². The molecule has 0 bridgehead atoms. The third-order valence-electron chi connectivity index (χ3n) is 4.72. The van der Waals surface area contributed by atoms with Crippen LogP contribution in [0.4, 0.5) is 0 Å². The van der Waals surface area contributed by atoms with E-state index in [9.17, 15) is 0 Å². The third-order valence-corrected chi connectivity index (χ3v) is 4.72. The summed E-state index contributed by atoms with van der Waals surface area (Å²) in [5.41, 5.74) is 3.67. The summed E-state index contributed by atoms with van der Waals surface area (Å²) in [7, 11) is 0. The van der Waals surface area contributed by atoms with Gasteiger partial charge < -0.3 is 29.6 Å². The van der Waals surface area contributed by atoms with Gasteiger partial charge in [0.05, 0.1) is 5.60 Å². The van der Waals surface area contributed by atoms with Gasteiger partial charge >= 0.3 is 21.7 Å². The zero-order valence-corrected chi connectivity index (χ0v) is 17.9. The minimum absolute atomic E-state index is 0. The Morgan fingerprint density at radius 2 is 1.91 bits per heavy atom. The number of rotatable bonds is 5. The molecule has 0 aliphatic heterocycles. The van der Waals surface area contributed by atoms with Gasteiger partial charge in [0, 0.05) is 6.61 Å². The summed E-state index contributed by atoms with van der Waals surface area (Å²) in [4.78, 5) is 0. The molecule has 0 N–H and O–H groups in total. The van der Waals surface area contributed by atoms with Gasteiger partial charge in [0.1, 0.15) is 0 Å². The molecule has 1 unspecified atom stereocenters. The smallest absolute Gasteiger partial charge is 1.00 e. The number of ether oxygens (including phenoxy) is 1. The number of hydrogen-bond acceptors (Lipinski definition) is 1. The fourth-order valence-electron chi connectivity index (χ4n) is 3.41. The Labute approximate surface area is 169 Å². The summed E-state index contributed by atoms with van der Waals surface area (Å²) in [5.74, 6) is 0. The summed E-state index contributed by atoms with van der Waals surface area (Å²) in [6.07, 6.45) is 15.4. The maximum Gasteiger partial charge on any atom is 3.00 e. The molecule has 0 aromatic heterocycles. The van der Waals surface area contributed by atoms with E-state index in [1.807, 2.05) is 0 Å². The van der Waals surface area contributed by atoms with Crippen LogP contribution in [0.5, 0.6) is 0 Å². The quantitative estimate of drug-likeness (QED) is 0.440. The summed E-state index contributed by atoms with van der Waals surface area (Å²) in [6, 6.07) is 0. The predicted octanol–water partition coefficient (Wildman–Crippen LogP) is -0.831. The first kappa shape index (κ1) is 25.5. The molecule has 4 heteroatoms. The van der Waals surface area contributed by atoms with Crippen molar-refractivity contribution < 1.29 is 51.3 Å². The Kier molecular flexibility index (Phi) is 11.4. The first-order chi connectivity index (χ1) is 9.44. The molecule has 0 fully saturated rings. The van der Waals surface area contributed by atoms with Crippen molar-refractivity contribution in [2.75, 3.05) is 6.61 Å². The number of hydrogen-bond donors (Lipinski definition) is 0. The van der Waals surface area contributed by atoms with E-state index < -0.39 is 0 Å². The van der Waals surface area contributed by atoms with Gasteiger partial charge in [0.2, 0.25) is 0 Å². The zero-order valence-electron chi connectivity index (χ0n) is 14.8. The Morgan fingerprint density at radius 1 is 1.26 bits per heavy atom. The second kappa shape index (κ2) is 10.3. The van der Waals surface area contributed by atoms with Crippen LogP contribution in [-0.2, 0) is 26.5 Å². The van der Waals surface area contributed by atoms with Gasteiger partial charge in [-0.15, -0.1) is 6.42 Å². The first-order valence-corrected chi connectivity index (χ1v) is 7.71. The molecular weight excluding hydrogens is 363 g/mol. The molecule has 1 atom stereocenters. The summed E-state index contributed by atoms with van der Waals surface area (Å²) < 4.78 is 6.45. The molecule has 2 aliphatic rings. The third kappa shape index (κ3) is 4.86. The minimum atomic E-state index is -0.237. The largest absolute Gasteiger partial charge is 3.00 e. The fraction of sp³-hybridized carbons (Fsp3) is 0.579. The normalized spacial score (nSPS) is 22.9. The summed E-state index contributed by atoms with van der Waals surface area (Å²) >= 11 is 0. The molecule has 0 aromatic carbocycles. The average Bonchev–Trinajstić information content (AvgIpc) is 2.92. The topological polar surface area (TPSA) is 9.23 Å². The van der Waals surface area contributed by atoms with Gasteiger partial charge in [-0.05, 0) is 37.7 Å². The second-order valence-corrected chi connectivity index (χ2v) is 6.48. The van der Waals surface area contributed by atoms with Crippen molar-refractivity contribution in [3.63, 3.8) is 0 Å². The van der Waals surface area contributed by atoms with E-state index in [2.05, 4.69) is 65.0 Å². The van der Waals surface area contributed by atoms with Crippen LogP contribution in [0.3, 0.4) is 0 Å². The zero-order chi connectivity index (χ0) is 14.8. The Hall–Kier alpha value is 0.214. The van der Waals surface area contributed by atoms with E-state index in [0.717, 1.165) is 25.9 Å². The standard InChI is InChI=1S/C19H27O.2ClH.Ti/c1-6-13-20-19(12-11-15(2)14-16(19)3)18(4,5)17-9-7-8-10-17;;;/h7,9,11,14H,6,8,12-13H2,1-5H3;2*1H;/q-1;;;+3/p-2. The van der Waals surface area contributed by atoms with E-state index in [-0.39, 0.29) is 57.5 Å². The maximum absolute atomic E-state index is 6.45. The Balaban J connectivity index is 0. The predicted molar refractivity (Wildman–Crippen MR) is 85.4 cm³/mol. The van der Waals surface area contributed by atoms with Gasteiger partial charge in [-0.25, -0.2) is 11.6 Å². The molecule has 0 spiro atoms. The molecule has 0 amide bonds. The maximum atomic E-state index is 6.45. The summed E-state index contributed by atoms with van der Waals surface area (Å²) in [6.45, 7) is 12.0. The number of halogens is 2. The van der Waals surface area contributed by atoms with Crippen LogP contribution in [0.15, 0.2) is 41.0 Å². The Bertz CT molecular complexity index is 503. The molecular formula is C19H27Cl2OTi. The van der Waals surface area contributed by atoms with Crippen molar-refractivity contribution in [3.8, 4) is 0 Å². The molecule has 0 aromatic rings. The van der Waals surface area contributed by atoms with Crippen molar-refractivity contribution >= 4 is 0 Å². The average molecular weight is 390 g/mol. The molecule has 0 heterocycles. The molecule has 127 valence electrons. The van der Waals surface area contributed by atoms with Crippen LogP contribution in [0, 0.1) is 11.5 Å². The SMILES string of the molecule is CCCOC1(C(C)(C)C2=[C-]CC=C2)CC=C(C)C=C1C.[Cl-].[Cl-].[Ti+3]. The van der Waals surface area contributed by atoms with Crippen LogP contribution in [0.2, 0.25) is 0 Å². The van der Waals surface area contributed by atoms with E-state index in [4.69, 9.17) is 4.74 Å². The van der Waals surface area contributed by atoms with E-state index >= 15 is 0 Å². The first-order valence-electron chi connectivity index (χ1n) is 7.71. The number of allylic oxidation sites excluding steroid dienone is 5. The van der Waals surface area contributed by atoms with Crippen molar-refractivity contribution in [3.05, 3.63) is 47.1 Å². The fourth-order valence-corrected chi connectivity index (χ4v) is 3.41. The van der Waals surface area contributed by atoms with Gasteiger partial charge in [-0.1, -0.05) is 38.5 Å². The van der Waals surface area contributed by atoms with Crippen molar-refractivity contribution in [2.45, 2.75) is 59.5 Å². The van der Waals surface area contributed by atoms with E-state index in [1.165, 1.54) is 16.7 Å². The van der Waals surface area contributed by atoms with Crippen LogP contribution in [0.25, 0.3) is 0 Å². The van der Waals surface area contributed by atoms with Gasteiger partial charge in [0.15, 0.2) is 0 Å². The molecule has 0 saturated carbocycles. The minimum Gasteiger partial charge on any atom is -1.00 e. The van der Waals surface area contributed by atoms with Gasteiger partial charge in [-0.2, -0.15) is 6.08 Å². The molecule has 2 aliphatic carbocycles. The van der Waals surface area contributed by atoms with Crippen molar-refractivity contribution in [1.29, 1.82) is 0 Å². The van der Waals surface area contributed by atoms with Crippen LogP contribution in [-0.4, -0.2) is 12.2 Å². The van der Waals surface area contributed by atoms with Gasteiger partial charge in [-0.3, -0.25) is 6.08 Å². The van der Waals surface area contributed by atoms with Crippen LogP contribution < -0.4 is 24.8 Å². The van der Waals surface area contributed by atoms with E-state index in [1.54, 1.807) is 0 Å². The molecule has 1 nitrogen and oxygen atoms in total. The Morgan fingerprint density at radius 3 is 2.39 bits per heavy atom. The van der Waals surface area contributed by atoms with Crippen molar-refractivity contribution in [1.82, 2.24) is 0 Å². The molecule has 1 radical (unpaired) electrons. The molecule has 2 rings (SSSR count). The van der Waals surface area contributed by atoms with E-state index in [0.29, 0.717) is 0 Å². The molecule has 0 saturated heterocycles. The monoisotopic (exact) mass is 389 g/mol. The van der Waals surface area contributed by atoms with Crippen LogP contribution in [0.1, 0.15) is 53.9 Å². The second-order valence-electron chi connectivity index (χ2n) is 6.48. The summed E-state index contributed by atoms with van der Waals surface area (Å²) in [5, 5.41) is 0. The molecule has 23 heavy (non-hydrogen) atoms. The van der Waals surface area contributed by atoms with Crippen molar-refractivity contribution in [2.24, 2.45) is 5.41 Å². The van der Waals surface area contributed by atoms with Gasteiger partial charge in [0.25, 0.3) is 0 Å².